The Labute approximate surface area is 207 Å². The van der Waals surface area contributed by atoms with Gasteiger partial charge in [0, 0.05) is 36.3 Å². The topological polar surface area (TPSA) is 36.9 Å². The van der Waals surface area contributed by atoms with Crippen molar-refractivity contribution in [1.29, 1.82) is 0 Å². The Morgan fingerprint density at radius 2 is 1.44 bits per heavy atom. The van der Waals surface area contributed by atoms with E-state index in [-0.39, 0.29) is 5.04 Å². The third kappa shape index (κ3) is 10.4. The van der Waals surface area contributed by atoms with Gasteiger partial charge in [-0.3, -0.25) is 0 Å². The third-order valence-electron chi connectivity index (χ3n) is 5.52. The highest BCUT2D eigenvalue weighted by Crippen LogP contribution is 2.37. The second-order valence-electron chi connectivity index (χ2n) is 9.14. The summed E-state index contributed by atoms with van der Waals surface area (Å²) < 4.78 is 24.6. The molecule has 0 fully saturated rings. The second-order valence-corrected chi connectivity index (χ2v) is 17.9. The van der Waals surface area contributed by atoms with Crippen LogP contribution in [0.25, 0.3) is 0 Å². The van der Waals surface area contributed by atoms with Gasteiger partial charge in [0.05, 0.1) is 0 Å². The quantitative estimate of drug-likeness (QED) is 0.133. The Hall–Kier alpha value is -0.126. The molecular weight excluding hydrogens is 476 g/mol. The Kier molecular flexibility index (Phi) is 13.4. The Morgan fingerprint density at radius 3 is 1.91 bits per heavy atom. The lowest BCUT2D eigenvalue weighted by atomic mass is 10.2. The number of hydrogen-bond donors (Lipinski definition) is 0. The molecule has 0 heterocycles. The second kappa shape index (κ2) is 14.3. The summed E-state index contributed by atoms with van der Waals surface area (Å²) in [5, 5.41) is 0.976. The monoisotopic (exact) mass is 518 g/mol. The summed E-state index contributed by atoms with van der Waals surface area (Å²) in [6.07, 6.45) is 2.99. The molecule has 32 heavy (non-hydrogen) atoms. The maximum absolute atomic E-state index is 6.36. The van der Waals surface area contributed by atoms with Gasteiger partial charge in [-0.2, -0.15) is 0 Å². The standard InChI is InChI=1S/C24H43ClO4SSi2/c1-9-26-32(27-10-2,28-11-3)20-23(30-22-17-15-21(25)16-18-22)14-12-13-19-29-31(7,8)24(4,5)6/h15-18,20H,9-14,19H2,1-8H3/b23-20+. The Balaban J connectivity index is 2.94. The molecule has 1 aromatic rings. The minimum atomic E-state index is -2.88. The zero-order chi connectivity index (χ0) is 24.3. The summed E-state index contributed by atoms with van der Waals surface area (Å²) in [6, 6.07) is 7.94. The number of unbranched alkanes of at least 4 members (excludes halogenated alkanes) is 1. The van der Waals surface area contributed by atoms with Crippen LogP contribution in [0.2, 0.25) is 23.2 Å². The van der Waals surface area contributed by atoms with E-state index in [9.17, 15) is 0 Å². The van der Waals surface area contributed by atoms with Gasteiger partial charge in [0.25, 0.3) is 0 Å². The molecule has 0 saturated heterocycles. The molecule has 0 unspecified atom stereocenters. The third-order valence-corrected chi connectivity index (χ3v) is 14.4. The highest BCUT2D eigenvalue weighted by Gasteiger charge is 2.39. The Morgan fingerprint density at radius 1 is 0.906 bits per heavy atom. The lowest BCUT2D eigenvalue weighted by Crippen LogP contribution is -2.44. The van der Waals surface area contributed by atoms with E-state index >= 15 is 0 Å². The molecule has 0 radical (unpaired) electrons. The van der Waals surface area contributed by atoms with Gasteiger partial charge in [-0.05, 0) is 93.0 Å². The molecule has 1 aromatic carbocycles. The molecular formula is C24H43ClO4SSi2. The number of allylic oxidation sites excluding steroid dienone is 1. The minimum Gasteiger partial charge on any atom is -0.417 e. The molecule has 0 aliphatic heterocycles. The van der Waals surface area contributed by atoms with Crippen LogP contribution in [0.15, 0.2) is 39.8 Å². The highest BCUT2D eigenvalue weighted by molar-refractivity contribution is 8.03. The number of rotatable bonds is 15. The van der Waals surface area contributed by atoms with Crippen LogP contribution in [-0.4, -0.2) is 43.5 Å². The van der Waals surface area contributed by atoms with Gasteiger partial charge in [-0.25, -0.2) is 0 Å². The van der Waals surface area contributed by atoms with E-state index in [1.807, 2.05) is 45.0 Å². The first-order valence-corrected chi connectivity index (χ1v) is 17.6. The lowest BCUT2D eigenvalue weighted by molar-refractivity contribution is 0.0841. The van der Waals surface area contributed by atoms with E-state index in [2.05, 4.69) is 39.6 Å². The van der Waals surface area contributed by atoms with Gasteiger partial charge in [0.2, 0.25) is 0 Å². The highest BCUT2D eigenvalue weighted by atomic mass is 35.5. The van der Waals surface area contributed by atoms with E-state index in [1.165, 1.54) is 4.91 Å². The number of halogens is 1. The first-order valence-electron chi connectivity index (χ1n) is 11.7. The maximum Gasteiger partial charge on any atom is 0.530 e. The summed E-state index contributed by atoms with van der Waals surface area (Å²) in [4.78, 5) is 2.35. The van der Waals surface area contributed by atoms with Gasteiger partial charge in [-0.1, -0.05) is 44.1 Å². The molecule has 0 atom stereocenters. The first-order chi connectivity index (χ1) is 15.0. The average Bonchev–Trinajstić information content (AvgIpc) is 2.69. The van der Waals surface area contributed by atoms with Gasteiger partial charge in [-0.15, -0.1) is 0 Å². The van der Waals surface area contributed by atoms with Crippen LogP contribution in [-0.2, 0) is 17.7 Å². The van der Waals surface area contributed by atoms with Crippen molar-refractivity contribution in [3.8, 4) is 0 Å². The van der Waals surface area contributed by atoms with E-state index in [4.69, 9.17) is 29.3 Å². The van der Waals surface area contributed by atoms with Crippen LogP contribution in [0.5, 0.6) is 0 Å². The normalized spacial score (nSPS) is 13.6. The van der Waals surface area contributed by atoms with E-state index < -0.39 is 17.1 Å². The van der Waals surface area contributed by atoms with E-state index in [1.54, 1.807) is 11.8 Å². The molecule has 4 nitrogen and oxygen atoms in total. The van der Waals surface area contributed by atoms with Crippen LogP contribution < -0.4 is 0 Å². The van der Waals surface area contributed by atoms with Crippen molar-refractivity contribution in [3.05, 3.63) is 39.9 Å². The molecule has 1 rings (SSSR count). The molecule has 0 aliphatic rings. The number of thioether (sulfide) groups is 1. The van der Waals surface area contributed by atoms with Crippen molar-refractivity contribution in [2.75, 3.05) is 26.4 Å². The average molecular weight is 519 g/mol. The Bertz CT molecular complexity index is 673. The predicted octanol–water partition coefficient (Wildman–Crippen LogP) is 8.10. The van der Waals surface area contributed by atoms with Crippen molar-refractivity contribution in [2.24, 2.45) is 0 Å². The fraction of sp³-hybridized carbons (Fsp3) is 0.667. The summed E-state index contributed by atoms with van der Waals surface area (Å²) in [6.45, 7) is 19.9. The van der Waals surface area contributed by atoms with Crippen molar-refractivity contribution in [2.45, 2.75) is 83.8 Å². The van der Waals surface area contributed by atoms with Gasteiger partial charge in [0.15, 0.2) is 8.32 Å². The summed E-state index contributed by atoms with van der Waals surface area (Å²) in [7, 11) is -4.58. The smallest absolute Gasteiger partial charge is 0.417 e. The SMILES string of the molecule is CCO[Si](/C=C(\CCCCO[Si](C)(C)C(C)(C)C)Sc1ccc(Cl)cc1)(OCC)OCC. The van der Waals surface area contributed by atoms with Gasteiger partial charge >= 0.3 is 8.80 Å². The molecule has 184 valence electrons. The van der Waals surface area contributed by atoms with Crippen LogP contribution >= 0.6 is 23.4 Å². The number of benzene rings is 1. The molecule has 0 aliphatic carbocycles. The van der Waals surface area contributed by atoms with Crippen molar-refractivity contribution in [1.82, 2.24) is 0 Å². The molecule has 8 heteroatoms. The molecule has 0 N–H and O–H groups in total. The summed E-state index contributed by atoms with van der Waals surface area (Å²) in [5.41, 5.74) is 2.14. The zero-order valence-corrected chi connectivity index (χ0v) is 24.8. The minimum absolute atomic E-state index is 0.236. The zero-order valence-electron chi connectivity index (χ0n) is 21.3. The predicted molar refractivity (Wildman–Crippen MR) is 143 cm³/mol. The first kappa shape index (κ1) is 29.9. The van der Waals surface area contributed by atoms with E-state index in [0.29, 0.717) is 19.8 Å². The fourth-order valence-electron chi connectivity index (χ4n) is 2.80. The van der Waals surface area contributed by atoms with E-state index in [0.717, 1.165) is 35.8 Å². The summed E-state index contributed by atoms with van der Waals surface area (Å²) >= 11 is 7.81. The number of hydrogen-bond acceptors (Lipinski definition) is 5. The van der Waals surface area contributed by atoms with Crippen molar-refractivity contribution in [3.63, 3.8) is 0 Å². The van der Waals surface area contributed by atoms with Crippen molar-refractivity contribution >= 4 is 40.5 Å². The van der Waals surface area contributed by atoms with Gasteiger partial charge in [0.1, 0.15) is 0 Å². The maximum atomic E-state index is 6.36. The van der Waals surface area contributed by atoms with Crippen LogP contribution in [0.3, 0.4) is 0 Å². The van der Waals surface area contributed by atoms with Crippen molar-refractivity contribution < 1.29 is 17.7 Å². The lowest BCUT2D eigenvalue weighted by Gasteiger charge is -2.36. The molecule has 0 aromatic heterocycles. The van der Waals surface area contributed by atoms with Crippen LogP contribution in [0.4, 0.5) is 0 Å². The molecule has 0 bridgehead atoms. The molecule has 0 spiro atoms. The van der Waals surface area contributed by atoms with Crippen LogP contribution in [0, 0.1) is 0 Å². The molecule has 0 saturated carbocycles. The van der Waals surface area contributed by atoms with Crippen LogP contribution in [0.1, 0.15) is 60.8 Å². The summed E-state index contributed by atoms with van der Waals surface area (Å²) in [5.74, 6) is 0. The molecule has 0 amide bonds. The van der Waals surface area contributed by atoms with Gasteiger partial charge < -0.3 is 17.7 Å². The largest absolute Gasteiger partial charge is 0.530 e. The fourth-order valence-corrected chi connectivity index (χ4v) is 7.75.